The van der Waals surface area contributed by atoms with Gasteiger partial charge in [-0.25, -0.2) is 13.1 Å². The molecule has 0 aliphatic carbocycles. The number of sulfonamides is 1. The summed E-state index contributed by atoms with van der Waals surface area (Å²) in [5, 5.41) is 8.57. The Morgan fingerprint density at radius 2 is 2.00 bits per heavy atom. The summed E-state index contributed by atoms with van der Waals surface area (Å²) in [4.78, 5) is 0. The molecule has 5 nitrogen and oxygen atoms in total. The largest absolute Gasteiger partial charge is 0.396 e. The highest BCUT2D eigenvalue weighted by atomic mass is 32.2. The van der Waals surface area contributed by atoms with Crippen LogP contribution in [-0.4, -0.2) is 46.1 Å². The summed E-state index contributed by atoms with van der Waals surface area (Å²) in [6.45, 7) is 4.88. The first-order chi connectivity index (χ1) is 7.33. The van der Waals surface area contributed by atoms with Crippen molar-refractivity contribution >= 4 is 10.0 Å². The molecule has 0 aromatic rings. The molecule has 0 unspecified atom stereocenters. The van der Waals surface area contributed by atoms with Crippen LogP contribution in [0.3, 0.4) is 0 Å². The van der Waals surface area contributed by atoms with Crippen LogP contribution in [0.5, 0.6) is 0 Å². The summed E-state index contributed by atoms with van der Waals surface area (Å²) in [5.41, 5.74) is -0.123. The van der Waals surface area contributed by atoms with Gasteiger partial charge in [0.05, 0.1) is 5.75 Å². The van der Waals surface area contributed by atoms with E-state index in [4.69, 9.17) is 9.84 Å². The first-order valence-electron chi connectivity index (χ1n) is 5.40. The van der Waals surface area contributed by atoms with Crippen molar-refractivity contribution in [2.75, 3.05) is 32.6 Å². The second-order valence-electron chi connectivity index (χ2n) is 4.62. The zero-order chi connectivity index (χ0) is 12.7. The molecule has 0 fully saturated rings. The second kappa shape index (κ2) is 7.21. The van der Waals surface area contributed by atoms with Crippen LogP contribution in [0.1, 0.15) is 26.7 Å². The summed E-state index contributed by atoms with van der Waals surface area (Å²) in [6, 6.07) is 0. The zero-order valence-electron chi connectivity index (χ0n) is 10.3. The van der Waals surface area contributed by atoms with E-state index in [1.807, 2.05) is 13.8 Å². The van der Waals surface area contributed by atoms with Crippen LogP contribution in [0.4, 0.5) is 0 Å². The molecule has 0 spiro atoms. The third-order valence-electron chi connectivity index (χ3n) is 2.32. The maximum atomic E-state index is 11.5. The fourth-order valence-corrected chi connectivity index (χ4v) is 2.36. The number of hydrogen-bond donors (Lipinski definition) is 2. The Balaban J connectivity index is 4.02. The average molecular weight is 253 g/mol. The maximum Gasteiger partial charge on any atom is 0.211 e. The maximum absolute atomic E-state index is 11.5. The molecule has 6 heteroatoms. The number of aliphatic hydroxyl groups is 1. The topological polar surface area (TPSA) is 75.6 Å². The molecule has 0 rings (SSSR count). The van der Waals surface area contributed by atoms with Gasteiger partial charge in [-0.2, -0.15) is 0 Å². The Hall–Kier alpha value is -0.170. The summed E-state index contributed by atoms with van der Waals surface area (Å²) < 4.78 is 30.4. The Morgan fingerprint density at radius 3 is 2.50 bits per heavy atom. The van der Waals surface area contributed by atoms with Crippen molar-refractivity contribution < 1.29 is 18.3 Å². The van der Waals surface area contributed by atoms with E-state index in [1.54, 1.807) is 7.11 Å². The highest BCUT2D eigenvalue weighted by Gasteiger charge is 2.20. The molecule has 0 saturated heterocycles. The van der Waals surface area contributed by atoms with Gasteiger partial charge in [-0.15, -0.1) is 0 Å². The third kappa shape index (κ3) is 8.04. The highest BCUT2D eigenvalue weighted by Crippen LogP contribution is 2.19. The zero-order valence-corrected chi connectivity index (χ0v) is 11.1. The molecule has 0 aliphatic heterocycles. The van der Waals surface area contributed by atoms with Crippen molar-refractivity contribution in [2.45, 2.75) is 26.7 Å². The molecule has 0 radical (unpaired) electrons. The van der Waals surface area contributed by atoms with Gasteiger partial charge in [0.1, 0.15) is 0 Å². The van der Waals surface area contributed by atoms with E-state index < -0.39 is 10.0 Å². The minimum Gasteiger partial charge on any atom is -0.396 e. The normalized spacial score (nSPS) is 13.0. The quantitative estimate of drug-likeness (QED) is 0.622. The van der Waals surface area contributed by atoms with Crippen LogP contribution in [0.15, 0.2) is 0 Å². The Kier molecular flexibility index (Phi) is 7.14. The van der Waals surface area contributed by atoms with Crippen LogP contribution in [0.25, 0.3) is 0 Å². The van der Waals surface area contributed by atoms with Crippen LogP contribution in [0.2, 0.25) is 0 Å². The molecule has 0 heterocycles. The predicted octanol–water partition coefficient (Wildman–Crippen LogP) is 0.351. The van der Waals surface area contributed by atoms with E-state index in [-0.39, 0.29) is 24.2 Å². The number of rotatable bonds is 9. The number of hydrogen-bond acceptors (Lipinski definition) is 4. The minimum atomic E-state index is -3.25. The number of ether oxygens (including phenoxy) is 1. The lowest BCUT2D eigenvalue weighted by Crippen LogP contribution is -2.36. The molecular weight excluding hydrogens is 230 g/mol. The predicted molar refractivity (Wildman–Crippen MR) is 63.8 cm³/mol. The monoisotopic (exact) mass is 253 g/mol. The summed E-state index contributed by atoms with van der Waals surface area (Å²) >= 11 is 0. The van der Waals surface area contributed by atoms with Gasteiger partial charge in [0.2, 0.25) is 10.0 Å². The fourth-order valence-electron chi connectivity index (χ4n) is 1.10. The fraction of sp³-hybridized carbons (Fsp3) is 1.00. The molecule has 0 aliphatic rings. The number of nitrogens with one attached hydrogen (secondary N) is 1. The molecular formula is C10H23NO4S. The van der Waals surface area contributed by atoms with Crippen molar-refractivity contribution in [1.82, 2.24) is 4.72 Å². The van der Waals surface area contributed by atoms with Gasteiger partial charge in [-0.3, -0.25) is 0 Å². The van der Waals surface area contributed by atoms with Crippen molar-refractivity contribution in [1.29, 1.82) is 0 Å². The molecule has 16 heavy (non-hydrogen) atoms. The van der Waals surface area contributed by atoms with Crippen LogP contribution in [0, 0.1) is 5.41 Å². The van der Waals surface area contributed by atoms with E-state index in [1.165, 1.54) is 0 Å². The van der Waals surface area contributed by atoms with Gasteiger partial charge < -0.3 is 9.84 Å². The van der Waals surface area contributed by atoms with E-state index in [0.29, 0.717) is 13.2 Å². The molecule has 98 valence electrons. The van der Waals surface area contributed by atoms with Crippen LogP contribution < -0.4 is 4.72 Å². The SMILES string of the molecule is COCCC(C)(C)CNS(=O)(=O)CCCO. The van der Waals surface area contributed by atoms with Crippen LogP contribution in [-0.2, 0) is 14.8 Å². The van der Waals surface area contributed by atoms with Gasteiger partial charge in [0, 0.05) is 26.9 Å². The standard InChI is InChI=1S/C10H23NO4S/c1-10(2,5-7-15-3)9-11-16(13,14)8-4-6-12/h11-12H,4-9H2,1-3H3. The molecule has 0 bridgehead atoms. The lowest BCUT2D eigenvalue weighted by molar-refractivity contribution is 0.153. The molecule has 2 N–H and O–H groups in total. The lowest BCUT2D eigenvalue weighted by atomic mass is 9.90. The summed E-state index contributed by atoms with van der Waals surface area (Å²) in [6.07, 6.45) is 1.07. The first-order valence-corrected chi connectivity index (χ1v) is 7.05. The Bertz CT molecular complexity index is 275. The van der Waals surface area contributed by atoms with Crippen molar-refractivity contribution in [3.8, 4) is 0 Å². The number of aliphatic hydroxyl groups excluding tert-OH is 1. The van der Waals surface area contributed by atoms with Gasteiger partial charge in [0.25, 0.3) is 0 Å². The first kappa shape index (κ1) is 15.8. The van der Waals surface area contributed by atoms with Crippen LogP contribution >= 0.6 is 0 Å². The van der Waals surface area contributed by atoms with E-state index in [2.05, 4.69) is 4.72 Å². The van der Waals surface area contributed by atoms with E-state index >= 15 is 0 Å². The van der Waals surface area contributed by atoms with E-state index in [0.717, 1.165) is 6.42 Å². The van der Waals surface area contributed by atoms with Gasteiger partial charge in [-0.1, -0.05) is 13.8 Å². The second-order valence-corrected chi connectivity index (χ2v) is 6.55. The Morgan fingerprint density at radius 1 is 1.38 bits per heavy atom. The minimum absolute atomic E-state index is 0.0240. The van der Waals surface area contributed by atoms with Gasteiger partial charge >= 0.3 is 0 Å². The molecule has 0 aromatic carbocycles. The van der Waals surface area contributed by atoms with E-state index in [9.17, 15) is 8.42 Å². The van der Waals surface area contributed by atoms with Crippen molar-refractivity contribution in [3.63, 3.8) is 0 Å². The Labute approximate surface area is 98.2 Å². The number of methoxy groups -OCH3 is 1. The molecule has 0 saturated carbocycles. The summed E-state index contributed by atoms with van der Waals surface area (Å²) in [5.74, 6) is -0.0240. The van der Waals surface area contributed by atoms with Gasteiger partial charge in [-0.05, 0) is 18.3 Å². The molecule has 0 atom stereocenters. The van der Waals surface area contributed by atoms with Gasteiger partial charge in [0.15, 0.2) is 0 Å². The highest BCUT2D eigenvalue weighted by molar-refractivity contribution is 7.89. The smallest absolute Gasteiger partial charge is 0.211 e. The molecule has 0 aromatic heterocycles. The van der Waals surface area contributed by atoms with Crippen molar-refractivity contribution in [2.24, 2.45) is 5.41 Å². The lowest BCUT2D eigenvalue weighted by Gasteiger charge is -2.24. The summed E-state index contributed by atoms with van der Waals surface area (Å²) in [7, 11) is -1.63. The third-order valence-corrected chi connectivity index (χ3v) is 3.74. The van der Waals surface area contributed by atoms with Crippen molar-refractivity contribution in [3.05, 3.63) is 0 Å². The average Bonchev–Trinajstić information content (AvgIpc) is 2.22. The molecule has 0 amide bonds.